The van der Waals surface area contributed by atoms with E-state index in [0.29, 0.717) is 18.8 Å². The smallest absolute Gasteiger partial charge is 0.220 e. The average Bonchev–Trinajstić information content (AvgIpc) is 3.05. The first-order chi connectivity index (χ1) is 11.0. The molecule has 2 aromatic rings. The molecule has 124 valence electrons. The number of amides is 1. The van der Waals surface area contributed by atoms with Gasteiger partial charge in [0.15, 0.2) is 0 Å². The fraction of sp³-hybridized carbons (Fsp3) is 0.421. The molecule has 1 aromatic heterocycles. The van der Waals surface area contributed by atoms with Crippen LogP contribution in [0, 0.1) is 0 Å². The summed E-state index contributed by atoms with van der Waals surface area (Å²) in [7, 11) is 0. The maximum absolute atomic E-state index is 12.2. The van der Waals surface area contributed by atoms with Crippen LogP contribution in [0.4, 0.5) is 0 Å². The third kappa shape index (κ3) is 5.19. The van der Waals surface area contributed by atoms with E-state index in [-0.39, 0.29) is 18.0 Å². The number of nitrogens with one attached hydrogen (secondary N) is 1. The van der Waals surface area contributed by atoms with Gasteiger partial charge in [-0.05, 0) is 41.8 Å². The van der Waals surface area contributed by atoms with Gasteiger partial charge in [-0.2, -0.15) is 0 Å². The van der Waals surface area contributed by atoms with Gasteiger partial charge in [0.25, 0.3) is 0 Å². The van der Waals surface area contributed by atoms with E-state index in [0.717, 1.165) is 10.4 Å². The highest BCUT2D eigenvalue weighted by Gasteiger charge is 2.18. The first-order valence-corrected chi connectivity index (χ1v) is 9.03. The van der Waals surface area contributed by atoms with Gasteiger partial charge in [0, 0.05) is 17.3 Å². The predicted molar refractivity (Wildman–Crippen MR) is 97.7 cm³/mol. The fourth-order valence-electron chi connectivity index (χ4n) is 2.44. The second kappa shape index (κ2) is 8.27. The summed E-state index contributed by atoms with van der Waals surface area (Å²) in [5.74, 6) is 0.554. The van der Waals surface area contributed by atoms with E-state index in [1.165, 1.54) is 5.56 Å². The van der Waals surface area contributed by atoms with Gasteiger partial charge in [0.1, 0.15) is 0 Å². The lowest BCUT2D eigenvalue weighted by atomic mass is 9.98. The Balaban J connectivity index is 2.16. The number of hydrogen-bond acceptors (Lipinski definition) is 3. The van der Waals surface area contributed by atoms with E-state index in [4.69, 9.17) is 5.73 Å². The number of nitrogens with two attached hydrogens (primary N) is 1. The highest BCUT2D eigenvalue weighted by Crippen LogP contribution is 2.27. The van der Waals surface area contributed by atoms with Gasteiger partial charge < -0.3 is 11.1 Å². The molecular formula is C19H26N2OS. The molecule has 0 radical (unpaired) electrons. The van der Waals surface area contributed by atoms with E-state index in [2.05, 4.69) is 49.5 Å². The number of carbonyl (C=O) groups excluding carboxylic acids is 1. The van der Waals surface area contributed by atoms with Crippen LogP contribution in [0.5, 0.6) is 0 Å². The molecule has 0 aliphatic carbocycles. The molecule has 2 rings (SSSR count). The normalized spacial score (nSPS) is 13.8. The van der Waals surface area contributed by atoms with Crippen molar-refractivity contribution in [2.24, 2.45) is 5.73 Å². The maximum Gasteiger partial charge on any atom is 0.220 e. The third-order valence-corrected chi connectivity index (χ3v) is 4.83. The largest absolute Gasteiger partial charge is 0.344 e. The monoisotopic (exact) mass is 330 g/mol. The van der Waals surface area contributed by atoms with Crippen molar-refractivity contribution in [2.75, 3.05) is 0 Å². The second-order valence-electron chi connectivity index (χ2n) is 6.35. The minimum atomic E-state index is -0.0863. The molecule has 4 heteroatoms. The van der Waals surface area contributed by atoms with E-state index in [9.17, 15) is 4.79 Å². The Hall–Kier alpha value is -1.65. The van der Waals surface area contributed by atoms with Crippen molar-refractivity contribution in [1.29, 1.82) is 0 Å². The van der Waals surface area contributed by atoms with Crippen molar-refractivity contribution >= 4 is 17.2 Å². The average molecular weight is 330 g/mol. The molecule has 0 spiro atoms. The summed E-state index contributed by atoms with van der Waals surface area (Å²) < 4.78 is 0. The number of benzene rings is 1. The molecule has 0 saturated carbocycles. The van der Waals surface area contributed by atoms with Gasteiger partial charge in [0.05, 0.1) is 6.04 Å². The second-order valence-corrected chi connectivity index (χ2v) is 7.33. The van der Waals surface area contributed by atoms with Crippen LogP contribution in [0.25, 0.3) is 0 Å². The Morgan fingerprint density at radius 1 is 1.13 bits per heavy atom. The van der Waals surface area contributed by atoms with Crippen LogP contribution in [0.15, 0.2) is 41.8 Å². The fourth-order valence-corrected chi connectivity index (χ4v) is 3.24. The molecule has 0 fully saturated rings. The molecule has 1 amide bonds. The SMILES string of the molecule is CC(N)CCC(=O)NC(c1ccc(C(C)C)cc1)c1cccs1. The van der Waals surface area contributed by atoms with E-state index < -0.39 is 0 Å². The Labute approximate surface area is 142 Å². The number of thiophene rings is 1. The van der Waals surface area contributed by atoms with Gasteiger partial charge in [-0.1, -0.05) is 44.2 Å². The summed E-state index contributed by atoms with van der Waals surface area (Å²) in [6, 6.07) is 12.6. The highest BCUT2D eigenvalue weighted by atomic mass is 32.1. The first kappa shape index (κ1) is 17.7. The molecule has 2 atom stereocenters. The van der Waals surface area contributed by atoms with Gasteiger partial charge in [-0.25, -0.2) is 0 Å². The molecular weight excluding hydrogens is 304 g/mol. The van der Waals surface area contributed by atoms with Crippen molar-refractivity contribution in [3.05, 3.63) is 57.8 Å². The summed E-state index contributed by atoms with van der Waals surface area (Å²) in [4.78, 5) is 13.4. The van der Waals surface area contributed by atoms with Crippen LogP contribution < -0.4 is 11.1 Å². The number of carbonyl (C=O) groups is 1. The van der Waals surface area contributed by atoms with Crippen molar-refractivity contribution in [1.82, 2.24) is 5.32 Å². The molecule has 1 aromatic carbocycles. The zero-order valence-corrected chi connectivity index (χ0v) is 14.9. The van der Waals surface area contributed by atoms with Gasteiger partial charge in [-0.15, -0.1) is 11.3 Å². The third-order valence-electron chi connectivity index (χ3n) is 3.90. The standard InChI is InChI=1S/C19H26N2OS/c1-13(2)15-7-9-16(10-8-15)19(17-5-4-12-23-17)21-18(22)11-6-14(3)20/h4-5,7-10,12-14,19H,6,11,20H2,1-3H3,(H,21,22). The zero-order valence-electron chi connectivity index (χ0n) is 14.1. The van der Waals surface area contributed by atoms with Crippen LogP contribution in [0.2, 0.25) is 0 Å². The van der Waals surface area contributed by atoms with Gasteiger partial charge >= 0.3 is 0 Å². The molecule has 0 bridgehead atoms. The summed E-state index contributed by atoms with van der Waals surface area (Å²) in [6.07, 6.45) is 1.17. The van der Waals surface area contributed by atoms with Crippen molar-refractivity contribution in [3.63, 3.8) is 0 Å². The van der Waals surface area contributed by atoms with Crippen molar-refractivity contribution in [3.8, 4) is 0 Å². The van der Waals surface area contributed by atoms with Gasteiger partial charge in [0.2, 0.25) is 5.91 Å². The van der Waals surface area contributed by atoms with Gasteiger partial charge in [-0.3, -0.25) is 4.79 Å². The summed E-state index contributed by atoms with van der Waals surface area (Å²) in [6.45, 7) is 6.29. The minimum Gasteiger partial charge on any atom is -0.344 e. The molecule has 3 nitrogen and oxygen atoms in total. The molecule has 3 N–H and O–H groups in total. The highest BCUT2D eigenvalue weighted by molar-refractivity contribution is 7.10. The lowest BCUT2D eigenvalue weighted by molar-refractivity contribution is -0.121. The number of rotatable bonds is 7. The molecule has 0 aliphatic rings. The summed E-state index contributed by atoms with van der Waals surface area (Å²) in [5, 5.41) is 5.20. The van der Waals surface area contributed by atoms with Crippen molar-refractivity contribution < 1.29 is 4.79 Å². The Kier molecular flexibility index (Phi) is 6.37. The maximum atomic E-state index is 12.2. The van der Waals surface area contributed by atoms with Crippen LogP contribution in [-0.4, -0.2) is 11.9 Å². The Morgan fingerprint density at radius 2 is 1.78 bits per heavy atom. The van der Waals surface area contributed by atoms with E-state index in [1.807, 2.05) is 18.4 Å². The van der Waals surface area contributed by atoms with E-state index >= 15 is 0 Å². The lowest BCUT2D eigenvalue weighted by Crippen LogP contribution is -2.30. The number of hydrogen-bond donors (Lipinski definition) is 2. The zero-order chi connectivity index (χ0) is 16.8. The Morgan fingerprint density at radius 3 is 2.30 bits per heavy atom. The van der Waals surface area contributed by atoms with Crippen LogP contribution in [0.1, 0.15) is 61.6 Å². The topological polar surface area (TPSA) is 55.1 Å². The first-order valence-electron chi connectivity index (χ1n) is 8.15. The van der Waals surface area contributed by atoms with Crippen LogP contribution in [-0.2, 0) is 4.79 Å². The van der Waals surface area contributed by atoms with Crippen LogP contribution >= 0.6 is 11.3 Å². The van der Waals surface area contributed by atoms with E-state index in [1.54, 1.807) is 11.3 Å². The molecule has 23 heavy (non-hydrogen) atoms. The van der Waals surface area contributed by atoms with Crippen LogP contribution in [0.3, 0.4) is 0 Å². The molecule has 2 unspecified atom stereocenters. The molecule has 0 aliphatic heterocycles. The predicted octanol–water partition coefficient (Wildman–Crippen LogP) is 4.20. The lowest BCUT2D eigenvalue weighted by Gasteiger charge is -2.19. The summed E-state index contributed by atoms with van der Waals surface area (Å²) in [5.41, 5.74) is 8.17. The summed E-state index contributed by atoms with van der Waals surface area (Å²) >= 11 is 1.66. The van der Waals surface area contributed by atoms with Crippen molar-refractivity contribution in [2.45, 2.75) is 51.6 Å². The quantitative estimate of drug-likeness (QED) is 0.799. The minimum absolute atomic E-state index is 0.0475. The molecule has 0 saturated heterocycles. The Bertz CT molecular complexity index is 603. The molecule has 1 heterocycles.